The molecule has 0 aliphatic heterocycles. The lowest BCUT2D eigenvalue weighted by Crippen LogP contribution is -2.32. The molecular weight excluding hydrogens is 317 g/mol. The van der Waals surface area contributed by atoms with Crippen molar-refractivity contribution in [2.75, 3.05) is 37.9 Å². The third-order valence-electron chi connectivity index (χ3n) is 2.87. The van der Waals surface area contributed by atoms with Crippen LogP contribution in [0.25, 0.3) is 0 Å². The second-order valence-corrected chi connectivity index (χ2v) is 4.60. The van der Waals surface area contributed by atoms with Gasteiger partial charge < -0.3 is 25.4 Å². The van der Waals surface area contributed by atoms with Crippen LogP contribution in [0.4, 0.5) is 20.7 Å². The summed E-state index contributed by atoms with van der Waals surface area (Å²) in [6, 6.07) is 7.00. The molecule has 9 heteroatoms. The first-order valence-corrected chi connectivity index (χ1v) is 7.12. The van der Waals surface area contributed by atoms with Crippen molar-refractivity contribution >= 4 is 17.5 Å². The Balaban J connectivity index is 1.77. The standard InChI is InChI=1S/C15H18FN5O3/c1-23-13-9-12(20-15(21-13)24-2)17-6-7-18-14(22)19-11-5-3-4-10(16)8-11/h3-5,8-9H,6-7H2,1-2H3,(H,17,20,21)(H2,18,19,22). The summed E-state index contributed by atoms with van der Waals surface area (Å²) < 4.78 is 23.0. The number of hydrogen-bond acceptors (Lipinski definition) is 6. The predicted molar refractivity (Wildman–Crippen MR) is 87.0 cm³/mol. The molecule has 0 aliphatic rings. The molecule has 2 amide bonds. The van der Waals surface area contributed by atoms with Gasteiger partial charge in [0.1, 0.15) is 11.6 Å². The fraction of sp³-hybridized carbons (Fsp3) is 0.267. The molecule has 0 bridgehead atoms. The first kappa shape index (κ1) is 17.3. The van der Waals surface area contributed by atoms with E-state index in [-0.39, 0.29) is 6.01 Å². The van der Waals surface area contributed by atoms with E-state index in [9.17, 15) is 9.18 Å². The van der Waals surface area contributed by atoms with Crippen LogP contribution in [-0.4, -0.2) is 43.3 Å². The second-order valence-electron chi connectivity index (χ2n) is 4.60. The Kier molecular flexibility index (Phi) is 6.12. The number of nitrogens with one attached hydrogen (secondary N) is 3. The summed E-state index contributed by atoms with van der Waals surface area (Å²) >= 11 is 0. The Morgan fingerprint density at radius 1 is 1.17 bits per heavy atom. The van der Waals surface area contributed by atoms with Gasteiger partial charge in [0.15, 0.2) is 0 Å². The molecule has 24 heavy (non-hydrogen) atoms. The number of amides is 2. The molecule has 0 aliphatic carbocycles. The molecule has 1 aromatic heterocycles. The summed E-state index contributed by atoms with van der Waals surface area (Å²) in [4.78, 5) is 19.8. The lowest BCUT2D eigenvalue weighted by molar-refractivity contribution is 0.252. The van der Waals surface area contributed by atoms with Gasteiger partial charge in [0.25, 0.3) is 0 Å². The van der Waals surface area contributed by atoms with Crippen LogP contribution in [0.1, 0.15) is 0 Å². The molecule has 2 aromatic rings. The molecule has 0 unspecified atom stereocenters. The number of carbonyl (C=O) groups excluding carboxylic acids is 1. The van der Waals surface area contributed by atoms with Gasteiger partial charge in [-0.1, -0.05) is 6.07 Å². The number of nitrogens with zero attached hydrogens (tertiary/aromatic N) is 2. The minimum Gasteiger partial charge on any atom is -0.481 e. The highest BCUT2D eigenvalue weighted by molar-refractivity contribution is 5.89. The van der Waals surface area contributed by atoms with Crippen molar-refractivity contribution in [3.05, 3.63) is 36.1 Å². The molecule has 2 rings (SSSR count). The van der Waals surface area contributed by atoms with E-state index in [1.165, 1.54) is 32.4 Å². The summed E-state index contributed by atoms with van der Waals surface area (Å²) in [6.07, 6.45) is 0. The zero-order chi connectivity index (χ0) is 17.4. The number of halogens is 1. The van der Waals surface area contributed by atoms with E-state index in [0.717, 1.165) is 0 Å². The Hall–Kier alpha value is -3.10. The maximum absolute atomic E-state index is 13.0. The smallest absolute Gasteiger partial charge is 0.321 e. The third kappa shape index (κ3) is 5.27. The molecule has 0 saturated carbocycles. The van der Waals surface area contributed by atoms with Crippen molar-refractivity contribution < 1.29 is 18.7 Å². The minimum absolute atomic E-state index is 0.175. The maximum Gasteiger partial charge on any atom is 0.321 e. The number of methoxy groups -OCH3 is 2. The quantitative estimate of drug-likeness (QED) is 0.668. The van der Waals surface area contributed by atoms with Crippen LogP contribution in [0.2, 0.25) is 0 Å². The molecule has 1 aromatic carbocycles. The van der Waals surface area contributed by atoms with Crippen molar-refractivity contribution in [3.63, 3.8) is 0 Å². The average Bonchev–Trinajstić information content (AvgIpc) is 2.58. The molecule has 0 radical (unpaired) electrons. The normalized spacial score (nSPS) is 9.96. The van der Waals surface area contributed by atoms with Gasteiger partial charge in [0.05, 0.1) is 14.2 Å². The Bertz CT molecular complexity index is 676. The number of urea groups is 1. The number of rotatable bonds is 7. The summed E-state index contributed by atoms with van der Waals surface area (Å²) in [5.74, 6) is 0.452. The highest BCUT2D eigenvalue weighted by atomic mass is 19.1. The number of anilines is 2. The van der Waals surface area contributed by atoms with Gasteiger partial charge in [-0.15, -0.1) is 0 Å². The van der Waals surface area contributed by atoms with Gasteiger partial charge in [0.2, 0.25) is 5.88 Å². The highest BCUT2D eigenvalue weighted by Gasteiger charge is 2.05. The third-order valence-corrected chi connectivity index (χ3v) is 2.87. The van der Waals surface area contributed by atoms with E-state index < -0.39 is 11.8 Å². The molecule has 8 nitrogen and oxygen atoms in total. The Morgan fingerprint density at radius 3 is 2.71 bits per heavy atom. The Morgan fingerprint density at radius 2 is 2.00 bits per heavy atom. The van der Waals surface area contributed by atoms with Gasteiger partial charge in [-0.3, -0.25) is 0 Å². The van der Waals surface area contributed by atoms with Crippen molar-refractivity contribution in [1.82, 2.24) is 15.3 Å². The fourth-order valence-corrected chi connectivity index (χ4v) is 1.80. The lowest BCUT2D eigenvalue weighted by atomic mass is 10.3. The summed E-state index contributed by atoms with van der Waals surface area (Å²) in [5.41, 5.74) is 0.380. The van der Waals surface area contributed by atoms with Crippen molar-refractivity contribution in [2.45, 2.75) is 0 Å². The molecule has 0 fully saturated rings. The molecule has 0 saturated heterocycles. The van der Waals surface area contributed by atoms with E-state index in [0.29, 0.717) is 30.5 Å². The monoisotopic (exact) mass is 335 g/mol. The highest BCUT2D eigenvalue weighted by Crippen LogP contribution is 2.16. The number of benzene rings is 1. The van der Waals surface area contributed by atoms with Crippen LogP contribution >= 0.6 is 0 Å². The largest absolute Gasteiger partial charge is 0.481 e. The summed E-state index contributed by atoms with van der Waals surface area (Å²) in [6.45, 7) is 0.746. The van der Waals surface area contributed by atoms with Gasteiger partial charge in [-0.25, -0.2) is 9.18 Å². The number of aromatic nitrogens is 2. The fourth-order valence-electron chi connectivity index (χ4n) is 1.80. The first-order chi connectivity index (χ1) is 11.6. The maximum atomic E-state index is 13.0. The summed E-state index contributed by atoms with van der Waals surface area (Å²) in [5, 5.41) is 8.18. The van der Waals surface area contributed by atoms with Crippen LogP contribution in [0, 0.1) is 5.82 Å². The Labute approximate surface area is 138 Å². The number of ether oxygens (including phenoxy) is 2. The predicted octanol–water partition coefficient (Wildman–Crippen LogP) is 1.87. The molecule has 3 N–H and O–H groups in total. The van der Waals surface area contributed by atoms with Crippen molar-refractivity contribution in [1.29, 1.82) is 0 Å². The second kappa shape index (κ2) is 8.51. The number of hydrogen-bond donors (Lipinski definition) is 3. The molecule has 0 spiro atoms. The van der Waals surface area contributed by atoms with Gasteiger partial charge in [-0.2, -0.15) is 9.97 Å². The van der Waals surface area contributed by atoms with E-state index in [1.807, 2.05) is 0 Å². The lowest BCUT2D eigenvalue weighted by Gasteiger charge is -2.10. The number of carbonyl (C=O) groups is 1. The van der Waals surface area contributed by atoms with Crippen LogP contribution in [0.15, 0.2) is 30.3 Å². The topological polar surface area (TPSA) is 97.4 Å². The van der Waals surface area contributed by atoms with Gasteiger partial charge in [-0.05, 0) is 18.2 Å². The molecule has 0 atom stereocenters. The average molecular weight is 335 g/mol. The van der Waals surface area contributed by atoms with E-state index in [1.54, 1.807) is 12.1 Å². The van der Waals surface area contributed by atoms with E-state index >= 15 is 0 Å². The minimum atomic E-state index is -0.430. The van der Waals surface area contributed by atoms with Crippen LogP contribution < -0.4 is 25.4 Å². The van der Waals surface area contributed by atoms with E-state index in [2.05, 4.69) is 25.9 Å². The van der Waals surface area contributed by atoms with Crippen LogP contribution in [-0.2, 0) is 0 Å². The summed E-state index contributed by atoms with van der Waals surface area (Å²) in [7, 11) is 2.95. The zero-order valence-corrected chi connectivity index (χ0v) is 13.3. The van der Waals surface area contributed by atoms with Gasteiger partial charge >= 0.3 is 12.0 Å². The van der Waals surface area contributed by atoms with Gasteiger partial charge in [0, 0.05) is 24.8 Å². The first-order valence-electron chi connectivity index (χ1n) is 7.12. The van der Waals surface area contributed by atoms with Crippen molar-refractivity contribution in [3.8, 4) is 11.9 Å². The van der Waals surface area contributed by atoms with Crippen LogP contribution in [0.5, 0.6) is 11.9 Å². The molecule has 128 valence electrons. The zero-order valence-electron chi connectivity index (χ0n) is 13.3. The SMILES string of the molecule is COc1cc(NCCNC(=O)Nc2cccc(F)c2)nc(OC)n1. The van der Waals surface area contributed by atoms with Crippen LogP contribution in [0.3, 0.4) is 0 Å². The molecule has 1 heterocycles. The van der Waals surface area contributed by atoms with Crippen molar-refractivity contribution in [2.24, 2.45) is 0 Å². The van der Waals surface area contributed by atoms with E-state index in [4.69, 9.17) is 9.47 Å². The molecular formula is C15H18FN5O3.